The van der Waals surface area contributed by atoms with Crippen molar-refractivity contribution in [2.45, 2.75) is 324 Å². The van der Waals surface area contributed by atoms with E-state index in [-0.39, 0.29) is 190 Å². The van der Waals surface area contributed by atoms with Crippen LogP contribution >= 0.6 is 86.1 Å². The minimum Gasteiger partial charge on any atom is -0.487 e. The molecule has 0 spiro atoms. The molecule has 60 heteroatoms. The van der Waals surface area contributed by atoms with Gasteiger partial charge in [0.05, 0.1) is 145 Å². The fourth-order valence-electron chi connectivity index (χ4n) is 10.3. The number of hydrogen-bond donors (Lipinski definition) is 6. The highest BCUT2D eigenvalue weighted by molar-refractivity contribution is 9.09. The number of halogens is 2. The zero-order valence-electron chi connectivity index (χ0n) is 87.9. The number of rotatable bonds is 66. The first-order chi connectivity index (χ1) is 66.1. The standard InChI is InChI=1S/C21H36NO11P.C14H31O6PSi2.C12H22BrO6P.C12H21O6P.C10H18BrO6P.C8H14NO8P.C6H19O2PSi2.6CH4/c1-7-29-17(23)14-16(18(24)30-8-2)34(27,33-11-5)13-12-21(22-15-28-6,19(25)31-9-3)20(26)32-10-4;1-9-17-13(15)11-12(14(16)18-10-2)21(19-22(3,4)5)20-23(6,7)8;1-4-17-11(14)9-10(12(15)18-5-2)20(16,8-7-13)19-6-3;1-5-16-11(13)9-10(12(14)17-6-2)19(15,8-4)18-7-3;1-3-16-9(12)7-8(10(13)17-4-2)18(14,15)6-5-11;9-4(7(12)13)1-2-18(16,17)5(8(14)15)3-6(10)11;1-10(2,3)7-9-8-11(4,5)6;;;;;;/h15-16H,7-14H2,1-6H3;12H,9-11H2,1-8H3;10H,4-9H2,1-3H3;8,10H,4-7,9H2,1-3H3;8H,3-7H2,1-2H3,(H,14,15);4-5H,1-3,9H2,(H,10,11)(H,12,13)(H,14,15)(H,16,17);9H,1-6H3;6*1H4. The molecule has 0 saturated heterocycles. The van der Waals surface area contributed by atoms with Crippen molar-refractivity contribution in [2.75, 3.05) is 142 Å². The number of carboxylic acids is 3. The number of esters is 12. The molecule has 0 aromatic heterocycles. The second-order valence-corrected chi connectivity index (χ2v) is 68.8. The predicted octanol–water partition coefficient (Wildman–Crippen LogP) is 18.4. The van der Waals surface area contributed by atoms with Gasteiger partial charge in [-0.2, -0.15) is 0 Å². The minimum absolute atomic E-state index is 0. The summed E-state index contributed by atoms with van der Waals surface area (Å²) in [5, 5.41) is 26.3. The van der Waals surface area contributed by atoms with Crippen LogP contribution in [0.5, 0.6) is 0 Å². The first-order valence-corrected chi connectivity index (χ1v) is 73.2. The lowest BCUT2D eigenvalue weighted by atomic mass is 9.97. The van der Waals surface area contributed by atoms with Gasteiger partial charge in [-0.1, -0.05) is 83.0 Å². The van der Waals surface area contributed by atoms with Crippen LogP contribution in [-0.4, -0.2) is 341 Å². The second kappa shape index (κ2) is 91.8. The number of carboxylic acid groups (broad SMARTS) is 3. The first-order valence-electron chi connectivity index (χ1n) is 45.9. The van der Waals surface area contributed by atoms with Gasteiger partial charge in [0.25, 0.3) is 5.54 Å². The van der Waals surface area contributed by atoms with Crippen LogP contribution < -0.4 is 5.73 Å². The molecule has 0 aromatic rings. The zero-order chi connectivity index (χ0) is 113. The molecule has 12 unspecified atom stereocenters. The highest BCUT2D eigenvalue weighted by Crippen LogP contribution is 2.58. The third-order valence-electron chi connectivity index (χ3n) is 16.4. The third kappa shape index (κ3) is 80.2. The average Bonchev–Trinajstić information content (AvgIpc) is 0.786. The van der Waals surface area contributed by atoms with Gasteiger partial charge in [-0.15, -0.1) is 0 Å². The summed E-state index contributed by atoms with van der Waals surface area (Å²) in [4.78, 5) is 199. The van der Waals surface area contributed by atoms with E-state index in [2.05, 4.69) is 87.5 Å². The number of nitrogens with zero attached hydrogens (tertiary/aromatic N) is 1. The van der Waals surface area contributed by atoms with Gasteiger partial charge in [0.15, 0.2) is 48.0 Å². The van der Waals surface area contributed by atoms with Crippen molar-refractivity contribution in [3.8, 4) is 0 Å². The Balaban J connectivity index is -0.000000133. The van der Waals surface area contributed by atoms with Gasteiger partial charge < -0.3 is 123 Å². The van der Waals surface area contributed by atoms with Crippen LogP contribution in [0.25, 0.3) is 0 Å². The summed E-state index contributed by atoms with van der Waals surface area (Å²) >= 11 is 6.23. The lowest BCUT2D eigenvalue weighted by Crippen LogP contribution is -2.48. The maximum Gasteiger partial charge on any atom is 0.345 e. The number of carbonyl (C=O) groups is 15. The molecule has 886 valence electrons. The van der Waals surface area contributed by atoms with E-state index in [9.17, 15) is 105 Å². The molecule has 0 bridgehead atoms. The van der Waals surface area contributed by atoms with Crippen LogP contribution in [0.4, 0.5) is 0 Å². The van der Waals surface area contributed by atoms with Crippen molar-refractivity contribution < 1.29 is 212 Å². The zero-order valence-corrected chi connectivity index (χ0v) is 101. The maximum atomic E-state index is 13.9. The number of alkyl halides is 2. The van der Waals surface area contributed by atoms with Crippen LogP contribution in [-0.2, 0) is 187 Å². The molecular formula is C89H185Br2N2O45P7Si4. The molecule has 0 aliphatic carbocycles. The molecule has 0 amide bonds. The van der Waals surface area contributed by atoms with Crippen LogP contribution in [0.1, 0.15) is 200 Å². The second-order valence-electron chi connectivity index (χ2n) is 32.6. The van der Waals surface area contributed by atoms with Crippen LogP contribution in [0.3, 0.4) is 0 Å². The van der Waals surface area contributed by atoms with Crippen molar-refractivity contribution in [1.82, 2.24) is 0 Å². The molecule has 0 heterocycles. The number of hydrogen-bond acceptors (Lipinski definition) is 42. The Morgan fingerprint density at radius 2 is 0.678 bits per heavy atom. The van der Waals surface area contributed by atoms with E-state index >= 15 is 0 Å². The highest BCUT2D eigenvalue weighted by Gasteiger charge is 2.54. The van der Waals surface area contributed by atoms with Gasteiger partial charge >= 0.3 is 89.5 Å². The molecule has 0 aromatic carbocycles. The lowest BCUT2D eigenvalue weighted by Gasteiger charge is -2.34. The molecule has 0 fully saturated rings. The molecule has 0 rings (SSSR count). The average molecular weight is 2490 g/mol. The Labute approximate surface area is 910 Å². The number of nitrogens with two attached hydrogens (primary N) is 1. The molecule has 12 atom stereocenters. The summed E-state index contributed by atoms with van der Waals surface area (Å²) < 4.78 is 166. The van der Waals surface area contributed by atoms with E-state index in [1.807, 2.05) is 39.3 Å². The van der Waals surface area contributed by atoms with E-state index in [0.29, 0.717) is 5.33 Å². The highest BCUT2D eigenvalue weighted by atomic mass is 79.9. The number of carbonyl (C=O) groups excluding carboxylic acids is 12. The normalized spacial score (nSPS) is 14.3. The molecule has 149 heavy (non-hydrogen) atoms. The summed E-state index contributed by atoms with van der Waals surface area (Å²) in [7, 11) is -25.6. The molecule has 47 nitrogen and oxygen atoms in total. The van der Waals surface area contributed by atoms with Crippen molar-refractivity contribution in [3.05, 3.63) is 12.4 Å². The van der Waals surface area contributed by atoms with E-state index in [1.165, 1.54) is 21.0 Å². The van der Waals surface area contributed by atoms with E-state index in [4.69, 9.17) is 108 Å². The van der Waals surface area contributed by atoms with Crippen molar-refractivity contribution in [1.29, 1.82) is 0 Å². The summed E-state index contributed by atoms with van der Waals surface area (Å²) in [6.07, 6.45) is -3.91. The molecule has 0 radical (unpaired) electrons. The van der Waals surface area contributed by atoms with Gasteiger partial charge in [0, 0.05) is 41.7 Å². The van der Waals surface area contributed by atoms with E-state index < -0.39 is 258 Å². The van der Waals surface area contributed by atoms with Gasteiger partial charge in [-0.05, 0) is 195 Å². The summed E-state index contributed by atoms with van der Waals surface area (Å²) in [6, 6.07) is -1.40. The smallest absolute Gasteiger partial charge is 0.345 e. The first kappa shape index (κ1) is 171. The van der Waals surface area contributed by atoms with Crippen LogP contribution in [0, 0.1) is 0 Å². The van der Waals surface area contributed by atoms with Gasteiger partial charge in [0.2, 0.25) is 36.8 Å². The Morgan fingerprint density at radius 3 is 0.960 bits per heavy atom. The van der Waals surface area contributed by atoms with Crippen LogP contribution in [0.15, 0.2) is 17.4 Å². The third-order valence-corrected chi connectivity index (χ3v) is 43.4. The summed E-state index contributed by atoms with van der Waals surface area (Å²) in [5.74, 6) is -12.4. The lowest BCUT2D eigenvalue weighted by molar-refractivity contribution is -0.164. The van der Waals surface area contributed by atoms with Gasteiger partial charge in [0.1, 0.15) is 49.0 Å². The van der Waals surface area contributed by atoms with Crippen molar-refractivity contribution in [3.63, 3.8) is 0 Å². The largest absolute Gasteiger partial charge is 0.487 e. The van der Waals surface area contributed by atoms with E-state index in [0.717, 1.165) is 12.2 Å². The predicted molar refractivity (Wildman–Crippen MR) is 596 cm³/mol. The Kier molecular flexibility index (Phi) is 105. The quantitative estimate of drug-likeness (QED) is 0.00481. The van der Waals surface area contributed by atoms with E-state index in [1.54, 1.807) is 90.0 Å². The van der Waals surface area contributed by atoms with Gasteiger partial charge in [-0.25, -0.2) is 14.6 Å². The summed E-state index contributed by atoms with van der Waals surface area (Å²) in [5.41, 5.74) is -5.05. The monoisotopic (exact) mass is 2490 g/mol. The maximum absolute atomic E-state index is 13.9. The van der Waals surface area contributed by atoms with Crippen molar-refractivity contribution in [2.24, 2.45) is 10.7 Å². The molecule has 0 saturated carbocycles. The van der Waals surface area contributed by atoms with Crippen LogP contribution in [0.2, 0.25) is 78.6 Å². The fraction of sp³-hybridized carbons (Fsp3) is 0.798. The number of ether oxygens (including phenoxy) is 13. The fourth-order valence-corrected chi connectivity index (χ4v) is 31.7. The molecule has 0 aliphatic rings. The minimum atomic E-state index is -4.33. The molecular weight excluding hydrogens is 2310 g/mol. The molecule has 0 aliphatic heterocycles. The summed E-state index contributed by atoms with van der Waals surface area (Å²) in [6.45, 7) is 54.6. The topological polar surface area (TPSA) is 666 Å². The Hall–Kier alpha value is -5.30. The molecule has 7 N–H and O–H groups in total. The van der Waals surface area contributed by atoms with Crippen molar-refractivity contribution >= 4 is 215 Å². The van der Waals surface area contributed by atoms with Gasteiger partial charge in [-0.3, -0.25) is 85.2 Å². The Morgan fingerprint density at radius 1 is 0.383 bits per heavy atom. The number of aliphatic imine (C=N–C) groups is 1. The Bertz CT molecular complexity index is 4050. The SMILES string of the molecule is C.C.C.C.C.C.C=CP(=O)(OCC)C(CC(=O)OCC)C(=O)OCC.CCOC(=O)CC(C(=O)OCC)P(=O)(CCBr)OCC.CCOC(=O)CC(C(=O)OCC)P(=O)(CCC(N=COC)(C(=O)OCC)C(=O)OCC)OCC.CCOC(=O)CC(C(=O)OCC)P(=O)(O)CCBr.CCOC(=O)CC(C(=O)OCC)P(O[Si](C)(C)C)O[Si](C)(C)C.C[Si](C)(C)OPO[Si](C)(C)C.NC(CCP(=O)(O)C(CC(=O)O)C(=O)O)C(=O)O. The number of methoxy groups -OCH3 is 1. The number of aliphatic carboxylic acids is 3.